The SMILES string of the molecule is COB(O)c1ccccc1-c1nnn(C(C)c2ccccc2C)n1. The lowest BCUT2D eigenvalue weighted by molar-refractivity contribution is 0.341. The molecule has 0 radical (unpaired) electrons. The summed E-state index contributed by atoms with van der Waals surface area (Å²) in [6.45, 7) is 4.09. The summed E-state index contributed by atoms with van der Waals surface area (Å²) in [6.07, 6.45) is 0. The molecule has 1 heterocycles. The largest absolute Gasteiger partial charge is 0.491 e. The van der Waals surface area contributed by atoms with Gasteiger partial charge in [-0.15, -0.1) is 10.2 Å². The molecule has 0 saturated heterocycles. The van der Waals surface area contributed by atoms with Gasteiger partial charge in [0.2, 0.25) is 5.82 Å². The molecular formula is C17H19BN4O2. The second-order valence-corrected chi connectivity index (χ2v) is 5.64. The van der Waals surface area contributed by atoms with Gasteiger partial charge in [0.25, 0.3) is 0 Å². The molecule has 1 aromatic heterocycles. The first-order valence-corrected chi connectivity index (χ1v) is 7.77. The van der Waals surface area contributed by atoms with Gasteiger partial charge in [-0.2, -0.15) is 4.80 Å². The minimum atomic E-state index is -1.03. The summed E-state index contributed by atoms with van der Waals surface area (Å²) < 4.78 is 5.01. The van der Waals surface area contributed by atoms with Crippen molar-refractivity contribution in [3.8, 4) is 11.4 Å². The van der Waals surface area contributed by atoms with Gasteiger partial charge in [0, 0.05) is 12.7 Å². The molecule has 0 saturated carbocycles. The molecule has 24 heavy (non-hydrogen) atoms. The summed E-state index contributed by atoms with van der Waals surface area (Å²) in [5.41, 5.74) is 3.64. The summed E-state index contributed by atoms with van der Waals surface area (Å²) >= 11 is 0. The highest BCUT2D eigenvalue weighted by Crippen LogP contribution is 2.20. The van der Waals surface area contributed by atoms with E-state index in [9.17, 15) is 5.02 Å². The van der Waals surface area contributed by atoms with Crippen LogP contribution < -0.4 is 5.46 Å². The van der Waals surface area contributed by atoms with Crippen LogP contribution in [-0.4, -0.2) is 39.5 Å². The van der Waals surface area contributed by atoms with E-state index in [1.807, 2.05) is 37.3 Å². The van der Waals surface area contributed by atoms with E-state index in [0.29, 0.717) is 16.9 Å². The Morgan fingerprint density at radius 2 is 1.83 bits per heavy atom. The Bertz CT molecular complexity index is 837. The van der Waals surface area contributed by atoms with E-state index in [-0.39, 0.29) is 6.04 Å². The predicted octanol–water partition coefficient (Wildman–Crippen LogP) is 1.59. The number of rotatable bonds is 5. The highest BCUT2D eigenvalue weighted by atomic mass is 16.5. The Balaban J connectivity index is 1.96. The van der Waals surface area contributed by atoms with Gasteiger partial charge < -0.3 is 9.68 Å². The molecule has 3 aromatic rings. The van der Waals surface area contributed by atoms with E-state index in [0.717, 1.165) is 5.56 Å². The zero-order chi connectivity index (χ0) is 17.1. The van der Waals surface area contributed by atoms with E-state index in [1.165, 1.54) is 12.7 Å². The van der Waals surface area contributed by atoms with Crippen LogP contribution in [0.2, 0.25) is 0 Å². The van der Waals surface area contributed by atoms with Crippen molar-refractivity contribution in [3.63, 3.8) is 0 Å². The van der Waals surface area contributed by atoms with Crippen LogP contribution in [0.1, 0.15) is 24.1 Å². The molecule has 122 valence electrons. The van der Waals surface area contributed by atoms with Gasteiger partial charge in [-0.05, 0) is 35.7 Å². The van der Waals surface area contributed by atoms with E-state index in [2.05, 4.69) is 34.5 Å². The maximum absolute atomic E-state index is 10.00. The minimum absolute atomic E-state index is 0.0352. The van der Waals surface area contributed by atoms with Gasteiger partial charge in [-0.3, -0.25) is 0 Å². The first-order valence-electron chi connectivity index (χ1n) is 7.77. The number of aromatic nitrogens is 4. The van der Waals surface area contributed by atoms with Crippen molar-refractivity contribution in [2.24, 2.45) is 0 Å². The number of hydrogen-bond acceptors (Lipinski definition) is 5. The molecule has 0 aliphatic carbocycles. The van der Waals surface area contributed by atoms with Crippen molar-refractivity contribution < 1.29 is 9.68 Å². The third-order valence-corrected chi connectivity index (χ3v) is 4.10. The molecule has 1 unspecified atom stereocenters. The number of nitrogens with zero attached hydrogens (tertiary/aromatic N) is 4. The Morgan fingerprint density at radius 3 is 2.58 bits per heavy atom. The minimum Gasteiger partial charge on any atom is -0.423 e. The standard InChI is InChI=1S/C17H19BN4O2/c1-12-8-4-5-9-14(12)13(2)22-20-17(19-21-22)15-10-6-7-11-16(15)18(23)24-3/h4-11,13,23H,1-3H3. The molecule has 3 rings (SSSR count). The Morgan fingerprint density at radius 1 is 1.12 bits per heavy atom. The summed E-state index contributed by atoms with van der Waals surface area (Å²) in [5.74, 6) is 0.460. The molecule has 0 aliphatic heterocycles. The van der Waals surface area contributed by atoms with E-state index in [4.69, 9.17) is 4.65 Å². The Hall–Kier alpha value is -2.51. The molecule has 0 fully saturated rings. The van der Waals surface area contributed by atoms with Crippen LogP contribution in [0, 0.1) is 6.92 Å². The number of benzene rings is 2. The molecule has 1 atom stereocenters. The maximum Gasteiger partial charge on any atom is 0.491 e. The van der Waals surface area contributed by atoms with Crippen molar-refractivity contribution in [3.05, 3.63) is 59.7 Å². The van der Waals surface area contributed by atoms with Crippen LogP contribution in [0.15, 0.2) is 48.5 Å². The van der Waals surface area contributed by atoms with Crippen molar-refractivity contribution in [2.75, 3.05) is 7.11 Å². The zero-order valence-electron chi connectivity index (χ0n) is 13.9. The number of aryl methyl sites for hydroxylation is 1. The van der Waals surface area contributed by atoms with Gasteiger partial charge in [-0.1, -0.05) is 48.5 Å². The molecule has 7 heteroatoms. The first kappa shape index (κ1) is 16.4. The van der Waals surface area contributed by atoms with Crippen molar-refractivity contribution in [1.29, 1.82) is 0 Å². The topological polar surface area (TPSA) is 73.1 Å². The quantitative estimate of drug-likeness (QED) is 0.722. The molecular weight excluding hydrogens is 303 g/mol. The lowest BCUT2D eigenvalue weighted by Gasteiger charge is -2.12. The summed E-state index contributed by atoms with van der Waals surface area (Å²) in [7, 11) is 0.424. The van der Waals surface area contributed by atoms with Gasteiger partial charge in [0.05, 0.1) is 6.04 Å². The van der Waals surface area contributed by atoms with Crippen LogP contribution in [0.4, 0.5) is 0 Å². The van der Waals surface area contributed by atoms with E-state index < -0.39 is 7.12 Å². The molecule has 0 amide bonds. The van der Waals surface area contributed by atoms with Crippen LogP contribution in [-0.2, 0) is 4.65 Å². The average molecular weight is 322 g/mol. The third kappa shape index (κ3) is 3.08. The highest BCUT2D eigenvalue weighted by molar-refractivity contribution is 6.61. The number of tetrazole rings is 1. The van der Waals surface area contributed by atoms with Crippen LogP contribution in [0.25, 0.3) is 11.4 Å². The van der Waals surface area contributed by atoms with E-state index in [1.54, 1.807) is 10.9 Å². The predicted molar refractivity (Wildman–Crippen MR) is 92.9 cm³/mol. The maximum atomic E-state index is 10.00. The first-order chi connectivity index (χ1) is 11.6. The molecule has 0 spiro atoms. The van der Waals surface area contributed by atoms with Gasteiger partial charge in [0.1, 0.15) is 0 Å². The fourth-order valence-electron chi connectivity index (χ4n) is 2.72. The second-order valence-electron chi connectivity index (χ2n) is 5.64. The Labute approximate surface area is 141 Å². The molecule has 1 N–H and O–H groups in total. The highest BCUT2D eigenvalue weighted by Gasteiger charge is 2.22. The Kier molecular flexibility index (Phi) is 4.73. The smallest absolute Gasteiger partial charge is 0.423 e. The molecule has 2 aromatic carbocycles. The monoisotopic (exact) mass is 322 g/mol. The van der Waals surface area contributed by atoms with Crippen molar-refractivity contribution in [1.82, 2.24) is 20.2 Å². The lowest BCUT2D eigenvalue weighted by atomic mass is 9.76. The van der Waals surface area contributed by atoms with Gasteiger partial charge in [-0.25, -0.2) is 0 Å². The zero-order valence-corrected chi connectivity index (χ0v) is 13.9. The van der Waals surface area contributed by atoms with Crippen LogP contribution >= 0.6 is 0 Å². The summed E-state index contributed by atoms with van der Waals surface area (Å²) in [4.78, 5) is 1.59. The average Bonchev–Trinajstić information content (AvgIpc) is 3.11. The molecule has 0 aliphatic rings. The third-order valence-electron chi connectivity index (χ3n) is 4.10. The molecule has 0 bridgehead atoms. The normalized spacial score (nSPS) is 12.2. The van der Waals surface area contributed by atoms with Crippen molar-refractivity contribution >= 4 is 12.6 Å². The molecule has 6 nitrogen and oxygen atoms in total. The van der Waals surface area contributed by atoms with Crippen LogP contribution in [0.5, 0.6) is 0 Å². The van der Waals surface area contributed by atoms with Gasteiger partial charge in [0.15, 0.2) is 0 Å². The summed E-state index contributed by atoms with van der Waals surface area (Å²) in [5, 5.41) is 22.8. The van der Waals surface area contributed by atoms with Crippen molar-refractivity contribution in [2.45, 2.75) is 19.9 Å². The lowest BCUT2D eigenvalue weighted by Crippen LogP contribution is -2.34. The fraction of sp³-hybridized carbons (Fsp3) is 0.235. The second kappa shape index (κ2) is 6.94. The fourth-order valence-corrected chi connectivity index (χ4v) is 2.72. The number of hydrogen-bond donors (Lipinski definition) is 1. The van der Waals surface area contributed by atoms with Crippen LogP contribution in [0.3, 0.4) is 0 Å². The summed E-state index contributed by atoms with van der Waals surface area (Å²) in [6, 6.07) is 15.4. The van der Waals surface area contributed by atoms with E-state index >= 15 is 0 Å². The van der Waals surface area contributed by atoms with Gasteiger partial charge >= 0.3 is 7.12 Å².